The molecule has 0 fully saturated rings. The summed E-state index contributed by atoms with van der Waals surface area (Å²) in [4.78, 5) is 0. The van der Waals surface area contributed by atoms with Crippen molar-refractivity contribution in [1.82, 2.24) is 0 Å². The molecule has 0 aliphatic carbocycles. The van der Waals surface area contributed by atoms with Crippen LogP contribution in [0, 0.1) is 0 Å². The molecule has 0 saturated carbocycles. The molecule has 0 unspecified atom stereocenters. The Morgan fingerprint density at radius 3 is 1.29 bits per heavy atom. The fraction of sp³-hybridized carbons (Fsp3) is 1.00. The molecule has 0 rings (SSSR count). The normalized spacial score (nSPS) is 11.3. The number of hydrogen-bond acceptors (Lipinski definition) is 2. The summed E-state index contributed by atoms with van der Waals surface area (Å²) in [5.41, 5.74) is -5.08. The third-order valence-corrected chi connectivity index (χ3v) is 0.567. The molecule has 6 heteroatoms. The molecule has 0 bridgehead atoms. The summed E-state index contributed by atoms with van der Waals surface area (Å²) in [6.45, 7) is 0. The zero-order valence-corrected chi connectivity index (χ0v) is 3.68. The summed E-state index contributed by atoms with van der Waals surface area (Å²) < 4.78 is 49.5. The van der Waals surface area contributed by atoms with E-state index in [0.29, 0.717) is 0 Å². The fourth-order valence-corrected chi connectivity index (χ4v) is 0. The second-order valence-corrected chi connectivity index (χ2v) is 1.61. The van der Waals surface area contributed by atoms with E-state index in [1.54, 1.807) is 0 Å². The van der Waals surface area contributed by atoms with Gasteiger partial charge in [0.25, 0.3) is 0 Å². The molecule has 0 heterocycles. The third-order valence-electron chi connectivity index (χ3n) is 0.189. The van der Waals surface area contributed by atoms with Crippen molar-refractivity contribution in [1.29, 1.82) is 0 Å². The molecule has 0 aliphatic rings. The van der Waals surface area contributed by atoms with Crippen LogP contribution in [0.2, 0.25) is 0 Å². The average molecular weight is 133 g/mol. The minimum absolute atomic E-state index is 3.93. The maximum atomic E-state index is 10.6. The molecule has 0 aromatic heterocycles. The van der Waals surface area contributed by atoms with Gasteiger partial charge in [-0.3, -0.25) is 0 Å². The second-order valence-electron chi connectivity index (χ2n) is 0.680. The van der Waals surface area contributed by atoms with Crippen molar-refractivity contribution in [2.75, 3.05) is 0 Å². The van der Waals surface area contributed by atoms with Crippen LogP contribution in [0.5, 0.6) is 0 Å². The highest BCUT2D eigenvalue weighted by Gasteiger charge is 2.50. The van der Waals surface area contributed by atoms with Gasteiger partial charge in [0.05, 0.1) is 0 Å². The van der Waals surface area contributed by atoms with Gasteiger partial charge in [0.1, 0.15) is 0 Å². The predicted octanol–water partition coefficient (Wildman–Crippen LogP) is 0.816. The Labute approximate surface area is 38.9 Å². The Morgan fingerprint density at radius 2 is 1.29 bits per heavy atom. The lowest BCUT2D eigenvalue weighted by atomic mass is 11.6. The Morgan fingerprint density at radius 1 is 1.14 bits per heavy atom. The van der Waals surface area contributed by atoms with Gasteiger partial charge in [0, 0.05) is 8.42 Å². The minimum atomic E-state index is -5.08. The lowest BCUT2D eigenvalue weighted by Gasteiger charge is -1.73. The molecule has 42 valence electrons. The number of rotatable bonds is 0. The Balaban J connectivity index is 4.08. The highest BCUT2D eigenvalue weighted by Crippen LogP contribution is 2.14. The average Bonchev–Trinajstić information content (AvgIpc) is 1.31. The van der Waals surface area contributed by atoms with Gasteiger partial charge in [0.15, 0.2) is 0 Å². The van der Waals surface area contributed by atoms with Gasteiger partial charge in [-0.2, -0.15) is 0 Å². The quantitative estimate of drug-likeness (QED) is 0.458. The van der Waals surface area contributed by atoms with Crippen LogP contribution in [0.4, 0.5) is 13.2 Å². The van der Waals surface area contributed by atoms with Crippen LogP contribution in [0.3, 0.4) is 0 Å². The molecule has 0 atom stereocenters. The van der Waals surface area contributed by atoms with Crippen molar-refractivity contribution in [2.24, 2.45) is 0 Å². The van der Waals surface area contributed by atoms with Crippen molar-refractivity contribution >= 4 is 10.7 Å². The molecule has 0 N–H and O–H groups in total. The third kappa shape index (κ3) is 2.32. The van der Waals surface area contributed by atoms with Gasteiger partial charge >= 0.3 is 16.2 Å². The van der Waals surface area contributed by atoms with Crippen LogP contribution in [-0.2, 0) is 19.1 Å². The molecule has 0 aromatic carbocycles. The van der Waals surface area contributed by atoms with Crippen molar-refractivity contribution in [3.8, 4) is 0 Å². The van der Waals surface area contributed by atoms with Gasteiger partial charge in [-0.15, -0.1) is 13.2 Å². The lowest BCUT2D eigenvalue weighted by Crippen LogP contribution is -2.06. The van der Waals surface area contributed by atoms with Gasteiger partial charge in [-0.1, -0.05) is 0 Å². The first-order chi connectivity index (χ1) is 2.94. The zero-order chi connectivity index (χ0) is 6.08. The van der Waals surface area contributed by atoms with Crippen LogP contribution < -0.4 is 0 Å². The van der Waals surface area contributed by atoms with Crippen molar-refractivity contribution in [2.45, 2.75) is 5.51 Å². The molecular weight excluding hydrogens is 133 g/mol. The lowest BCUT2D eigenvalue weighted by molar-refractivity contribution is -0.0411. The first kappa shape index (κ1) is 6.61. The maximum Gasteiger partial charge on any atom is 0.689 e. The van der Waals surface area contributed by atoms with Crippen LogP contribution in [0.25, 0.3) is 0 Å². The monoisotopic (exact) mass is 133 g/mol. The van der Waals surface area contributed by atoms with Gasteiger partial charge in [-0.05, 0) is 0 Å². The molecule has 0 aromatic rings. The van der Waals surface area contributed by atoms with E-state index in [2.05, 4.69) is 0 Å². The van der Waals surface area contributed by atoms with E-state index in [-0.39, 0.29) is 0 Å². The second kappa shape index (κ2) is 1.61. The molecule has 0 aliphatic heterocycles. The summed E-state index contributed by atoms with van der Waals surface area (Å²) in [6, 6.07) is 0. The topological polar surface area (TPSA) is 34.1 Å². The Kier molecular flexibility index (Phi) is 1.52. The zero-order valence-electron chi connectivity index (χ0n) is 2.86. The van der Waals surface area contributed by atoms with E-state index >= 15 is 0 Å². The largest absolute Gasteiger partial charge is 0.689 e. The van der Waals surface area contributed by atoms with Crippen LogP contribution in [0.1, 0.15) is 0 Å². The van der Waals surface area contributed by atoms with Crippen LogP contribution >= 0.6 is 0 Å². The van der Waals surface area contributed by atoms with Gasteiger partial charge < -0.3 is 0 Å². The van der Waals surface area contributed by atoms with E-state index in [1.165, 1.54) is 0 Å². The molecule has 0 saturated heterocycles. The molecule has 7 heavy (non-hydrogen) atoms. The summed E-state index contributed by atoms with van der Waals surface area (Å²) in [7, 11) is -3.93. The predicted molar refractivity (Wildman–Crippen MR) is 14.8 cm³/mol. The van der Waals surface area contributed by atoms with Crippen molar-refractivity contribution < 1.29 is 21.6 Å². The Hall–Kier alpha value is -0.390. The first-order valence-electron chi connectivity index (χ1n) is 1.10. The molecule has 0 spiro atoms. The standard InChI is InChI=1S/CF3O2S/c2-1(3,4)7(5)6/q+1. The van der Waals surface area contributed by atoms with E-state index in [9.17, 15) is 13.2 Å². The van der Waals surface area contributed by atoms with Crippen LogP contribution in [0.15, 0.2) is 0 Å². The minimum Gasteiger partial charge on any atom is -0.111 e. The smallest absolute Gasteiger partial charge is 0.111 e. The highest BCUT2D eigenvalue weighted by molar-refractivity contribution is 7.73. The number of alkyl halides is 3. The molecule has 2 nitrogen and oxygen atoms in total. The van der Waals surface area contributed by atoms with E-state index in [0.717, 1.165) is 0 Å². The Bertz CT molecular complexity index is 113. The van der Waals surface area contributed by atoms with Gasteiger partial charge in [0.2, 0.25) is 0 Å². The highest BCUT2D eigenvalue weighted by atomic mass is 32.2. The van der Waals surface area contributed by atoms with Crippen molar-refractivity contribution in [3.63, 3.8) is 0 Å². The summed E-state index contributed by atoms with van der Waals surface area (Å²) in [5, 5.41) is 0. The summed E-state index contributed by atoms with van der Waals surface area (Å²) in [6.07, 6.45) is 0. The summed E-state index contributed by atoms with van der Waals surface area (Å²) in [5.74, 6) is 0. The molecule has 0 radical (unpaired) electrons. The summed E-state index contributed by atoms with van der Waals surface area (Å²) >= 11 is 0. The van der Waals surface area contributed by atoms with E-state index in [1.807, 2.05) is 0 Å². The van der Waals surface area contributed by atoms with E-state index < -0.39 is 16.2 Å². The SMILES string of the molecule is O=[S+](=O)C(F)(F)F. The number of halogens is 3. The van der Waals surface area contributed by atoms with Gasteiger partial charge in [-0.25, -0.2) is 0 Å². The van der Waals surface area contributed by atoms with Crippen LogP contribution in [-0.4, -0.2) is 5.51 Å². The first-order valence-corrected chi connectivity index (χ1v) is 2.18. The van der Waals surface area contributed by atoms with Crippen molar-refractivity contribution in [3.05, 3.63) is 0 Å². The molecule has 0 amide bonds. The number of hydrogen-bond donors (Lipinski definition) is 0. The fourth-order valence-electron chi connectivity index (χ4n) is 0. The molecular formula is CF3O2S+. The maximum absolute atomic E-state index is 10.6. The van der Waals surface area contributed by atoms with E-state index in [4.69, 9.17) is 8.42 Å².